The SMILES string of the molecule is NCCCC(NC(=O)C1(C(=O)NCCNS(=O)(=O)c2ccccc2)CCCC1)B(O)O. The number of sulfonamides is 1. The van der Waals surface area contributed by atoms with Gasteiger partial charge in [0, 0.05) is 13.1 Å². The van der Waals surface area contributed by atoms with Crippen molar-refractivity contribution < 1.29 is 28.1 Å². The van der Waals surface area contributed by atoms with Gasteiger partial charge in [-0.2, -0.15) is 0 Å². The molecule has 1 aliphatic carbocycles. The molecule has 1 aromatic carbocycles. The highest BCUT2D eigenvalue weighted by molar-refractivity contribution is 7.89. The van der Waals surface area contributed by atoms with E-state index >= 15 is 0 Å². The molecule has 7 N–H and O–H groups in total. The molecule has 1 saturated carbocycles. The second kappa shape index (κ2) is 11.6. The summed E-state index contributed by atoms with van der Waals surface area (Å²) in [4.78, 5) is 25.9. The topological polar surface area (TPSA) is 171 Å². The Balaban J connectivity index is 1.94. The highest BCUT2D eigenvalue weighted by Gasteiger charge is 2.48. The first kappa shape index (κ1) is 25.3. The zero-order chi connectivity index (χ0) is 22.9. The van der Waals surface area contributed by atoms with Crippen LogP contribution >= 0.6 is 0 Å². The van der Waals surface area contributed by atoms with Gasteiger partial charge in [0.15, 0.2) is 0 Å². The smallest absolute Gasteiger partial charge is 0.426 e. The molecule has 0 bridgehead atoms. The summed E-state index contributed by atoms with van der Waals surface area (Å²) in [6, 6.07) is 7.87. The number of carbonyl (C=O) groups is 2. The molecule has 1 aromatic rings. The normalized spacial score (nSPS) is 16.5. The first-order chi connectivity index (χ1) is 14.7. The van der Waals surface area contributed by atoms with E-state index in [1.54, 1.807) is 18.2 Å². The van der Waals surface area contributed by atoms with Crippen molar-refractivity contribution in [2.24, 2.45) is 11.1 Å². The molecule has 2 amide bonds. The molecule has 2 rings (SSSR count). The maximum absolute atomic E-state index is 12.9. The third-order valence-electron chi connectivity index (χ3n) is 5.48. The van der Waals surface area contributed by atoms with E-state index in [0.717, 1.165) is 0 Å². The average molecular weight is 454 g/mol. The van der Waals surface area contributed by atoms with Crippen molar-refractivity contribution in [1.29, 1.82) is 0 Å². The number of nitrogens with one attached hydrogen (secondary N) is 3. The van der Waals surface area contributed by atoms with Crippen LogP contribution in [-0.4, -0.2) is 63.0 Å². The van der Waals surface area contributed by atoms with Crippen LogP contribution in [0, 0.1) is 5.41 Å². The van der Waals surface area contributed by atoms with Gasteiger partial charge in [-0.15, -0.1) is 0 Å². The Morgan fingerprint density at radius 3 is 2.32 bits per heavy atom. The molecule has 1 fully saturated rings. The summed E-state index contributed by atoms with van der Waals surface area (Å²) >= 11 is 0. The minimum Gasteiger partial charge on any atom is -0.426 e. The van der Waals surface area contributed by atoms with Gasteiger partial charge >= 0.3 is 7.12 Å². The first-order valence-electron chi connectivity index (χ1n) is 10.4. The number of benzene rings is 1. The van der Waals surface area contributed by atoms with Crippen molar-refractivity contribution in [3.8, 4) is 0 Å². The monoisotopic (exact) mass is 454 g/mol. The molecule has 172 valence electrons. The van der Waals surface area contributed by atoms with E-state index in [2.05, 4.69) is 15.4 Å². The third kappa shape index (κ3) is 6.75. The molecule has 0 spiro atoms. The van der Waals surface area contributed by atoms with Crippen LogP contribution in [0.25, 0.3) is 0 Å². The average Bonchev–Trinajstić information content (AvgIpc) is 3.25. The van der Waals surface area contributed by atoms with Crippen molar-refractivity contribution >= 4 is 29.0 Å². The Morgan fingerprint density at radius 2 is 1.74 bits per heavy atom. The van der Waals surface area contributed by atoms with E-state index in [1.807, 2.05) is 0 Å². The van der Waals surface area contributed by atoms with Crippen LogP contribution in [0.2, 0.25) is 0 Å². The largest absolute Gasteiger partial charge is 0.475 e. The second-order valence-electron chi connectivity index (χ2n) is 7.68. The molecule has 10 nitrogen and oxygen atoms in total. The van der Waals surface area contributed by atoms with Crippen molar-refractivity contribution in [2.45, 2.75) is 49.4 Å². The van der Waals surface area contributed by atoms with E-state index in [0.29, 0.717) is 38.6 Å². The van der Waals surface area contributed by atoms with Gasteiger partial charge in [0.1, 0.15) is 5.41 Å². The fourth-order valence-corrected chi connectivity index (χ4v) is 4.74. The fraction of sp³-hybridized carbons (Fsp3) is 0.579. The summed E-state index contributed by atoms with van der Waals surface area (Å²) in [5.41, 5.74) is 4.14. The lowest BCUT2D eigenvalue weighted by molar-refractivity contribution is -0.143. The van der Waals surface area contributed by atoms with Gasteiger partial charge in [-0.25, -0.2) is 13.1 Å². The van der Waals surface area contributed by atoms with Gasteiger partial charge in [-0.05, 0) is 44.4 Å². The predicted molar refractivity (Wildman–Crippen MR) is 116 cm³/mol. The van der Waals surface area contributed by atoms with E-state index in [1.165, 1.54) is 12.1 Å². The van der Waals surface area contributed by atoms with Crippen molar-refractivity contribution in [3.05, 3.63) is 30.3 Å². The maximum atomic E-state index is 12.9. The van der Waals surface area contributed by atoms with Gasteiger partial charge in [0.2, 0.25) is 21.8 Å². The summed E-state index contributed by atoms with van der Waals surface area (Å²) in [5.74, 6) is -1.96. The van der Waals surface area contributed by atoms with Gasteiger partial charge in [-0.1, -0.05) is 31.0 Å². The molecule has 1 unspecified atom stereocenters. The van der Waals surface area contributed by atoms with Crippen molar-refractivity contribution in [3.63, 3.8) is 0 Å². The fourth-order valence-electron chi connectivity index (χ4n) is 3.69. The van der Waals surface area contributed by atoms with Crippen LogP contribution in [-0.2, 0) is 19.6 Å². The standard InChI is InChI=1S/C19H31BN4O6S/c21-12-6-9-16(20(27)28)24-18(26)19(10-4-5-11-19)17(25)22-13-14-23-31(29,30)15-7-2-1-3-8-15/h1-3,7-8,16,23,27-28H,4-6,9-14,21H2,(H,22,25)(H,24,26). The molecular formula is C19H31BN4O6S. The number of hydrogen-bond donors (Lipinski definition) is 6. The van der Waals surface area contributed by atoms with Gasteiger partial charge in [-0.3, -0.25) is 9.59 Å². The van der Waals surface area contributed by atoms with Crippen LogP contribution < -0.4 is 21.1 Å². The minimum atomic E-state index is -3.69. The van der Waals surface area contributed by atoms with Crippen molar-refractivity contribution in [2.75, 3.05) is 19.6 Å². The molecule has 0 saturated heterocycles. The minimum absolute atomic E-state index is 0.0130. The number of carbonyl (C=O) groups excluding carboxylic acids is 2. The predicted octanol–water partition coefficient (Wildman–Crippen LogP) is -1.12. The van der Waals surface area contributed by atoms with Gasteiger partial charge in [0.05, 0.1) is 10.8 Å². The van der Waals surface area contributed by atoms with E-state index in [9.17, 15) is 28.1 Å². The Labute approximate surface area is 183 Å². The number of hydrogen-bond acceptors (Lipinski definition) is 7. The number of amides is 2. The zero-order valence-corrected chi connectivity index (χ0v) is 18.2. The molecule has 1 atom stereocenters. The lowest BCUT2D eigenvalue weighted by Gasteiger charge is -2.29. The molecule has 0 aromatic heterocycles. The summed E-state index contributed by atoms with van der Waals surface area (Å²) in [7, 11) is -5.45. The highest BCUT2D eigenvalue weighted by atomic mass is 32.2. The van der Waals surface area contributed by atoms with Gasteiger partial charge in [0.25, 0.3) is 0 Å². The van der Waals surface area contributed by atoms with Crippen LogP contribution in [0.3, 0.4) is 0 Å². The van der Waals surface area contributed by atoms with E-state index in [4.69, 9.17) is 5.73 Å². The van der Waals surface area contributed by atoms with Crippen LogP contribution in [0.5, 0.6) is 0 Å². The number of nitrogens with two attached hydrogens (primary N) is 1. The lowest BCUT2D eigenvalue weighted by Crippen LogP contribution is -2.56. The second-order valence-corrected chi connectivity index (χ2v) is 9.45. The summed E-state index contributed by atoms with van der Waals surface area (Å²) in [6.07, 6.45) is 2.83. The molecule has 0 aliphatic heterocycles. The zero-order valence-electron chi connectivity index (χ0n) is 17.4. The van der Waals surface area contributed by atoms with Crippen LogP contribution in [0.15, 0.2) is 35.2 Å². The van der Waals surface area contributed by atoms with E-state index < -0.39 is 40.3 Å². The molecule has 12 heteroatoms. The van der Waals surface area contributed by atoms with E-state index in [-0.39, 0.29) is 24.4 Å². The molecule has 0 heterocycles. The molecule has 0 radical (unpaired) electrons. The van der Waals surface area contributed by atoms with Crippen molar-refractivity contribution in [1.82, 2.24) is 15.4 Å². The Morgan fingerprint density at radius 1 is 1.10 bits per heavy atom. The summed E-state index contributed by atoms with van der Waals surface area (Å²) in [5, 5.41) is 24.3. The summed E-state index contributed by atoms with van der Waals surface area (Å²) in [6.45, 7) is 0.317. The van der Waals surface area contributed by atoms with Crippen LogP contribution in [0.1, 0.15) is 38.5 Å². The number of rotatable bonds is 12. The Bertz CT molecular complexity index is 831. The first-order valence-corrected chi connectivity index (χ1v) is 11.9. The molecular weight excluding hydrogens is 423 g/mol. The maximum Gasteiger partial charge on any atom is 0.475 e. The van der Waals surface area contributed by atoms with Gasteiger partial charge < -0.3 is 26.4 Å². The Kier molecular flexibility index (Phi) is 9.44. The van der Waals surface area contributed by atoms with Crippen LogP contribution in [0.4, 0.5) is 0 Å². The quantitative estimate of drug-likeness (QED) is 0.132. The lowest BCUT2D eigenvalue weighted by atomic mass is 9.75. The molecule has 1 aliphatic rings. The highest BCUT2D eigenvalue weighted by Crippen LogP contribution is 2.38. The Hall–Kier alpha value is -1.99. The molecule has 31 heavy (non-hydrogen) atoms. The third-order valence-corrected chi connectivity index (χ3v) is 6.96. The summed E-state index contributed by atoms with van der Waals surface area (Å²) < 4.78 is 26.9.